The number of carbonyl (C=O) groups is 1. The maximum Gasteiger partial charge on any atom is 0.338 e. The van der Waals surface area contributed by atoms with Crippen LogP contribution in [0.5, 0.6) is 11.5 Å². The van der Waals surface area contributed by atoms with Crippen molar-refractivity contribution in [3.8, 4) is 11.5 Å². The lowest BCUT2D eigenvalue weighted by atomic mass is 9.43. The standard InChI is InChI=1S/C32H45NO7/c1-7-33-16-30(2)11-10-25(39-6)32-19-13-18-23(38-5)15-31(35,20(28(32)33)14-24(30)32)26(19)27(18)40-29(34)17-8-9-21(36-3)22(12-17)37-4/h8-9,12,18-20,23-28,35H,7,10-11,13-16H2,1-6H3/t18-,19-,20+,23+,24-,25+,26-,27+,28-,30+,31+,32-/m1/s1. The predicted molar refractivity (Wildman–Crippen MR) is 147 cm³/mol. The summed E-state index contributed by atoms with van der Waals surface area (Å²) >= 11 is 0. The molecule has 1 saturated heterocycles. The smallest absolute Gasteiger partial charge is 0.338 e. The number of benzene rings is 1. The summed E-state index contributed by atoms with van der Waals surface area (Å²) in [6.07, 6.45) is 4.31. The largest absolute Gasteiger partial charge is 0.493 e. The minimum atomic E-state index is -0.953. The molecule has 1 aromatic carbocycles. The van der Waals surface area contributed by atoms with Crippen LogP contribution in [0.2, 0.25) is 0 Å². The van der Waals surface area contributed by atoms with Crippen LogP contribution >= 0.6 is 0 Å². The van der Waals surface area contributed by atoms with Gasteiger partial charge in [0, 0.05) is 56.4 Å². The zero-order valence-corrected chi connectivity index (χ0v) is 24.7. The van der Waals surface area contributed by atoms with Crippen LogP contribution in [0, 0.1) is 40.4 Å². The quantitative estimate of drug-likeness (QED) is 0.509. The Kier molecular flexibility index (Phi) is 6.12. The average Bonchev–Trinajstić information content (AvgIpc) is 3.42. The lowest BCUT2D eigenvalue weighted by molar-refractivity contribution is -0.270. The van der Waals surface area contributed by atoms with Gasteiger partial charge in [0.1, 0.15) is 6.10 Å². The van der Waals surface area contributed by atoms with Crippen molar-refractivity contribution in [1.29, 1.82) is 0 Å². The van der Waals surface area contributed by atoms with Crippen LogP contribution < -0.4 is 9.47 Å². The molecule has 220 valence electrons. The van der Waals surface area contributed by atoms with E-state index in [1.165, 1.54) is 0 Å². The topological polar surface area (TPSA) is 86.7 Å². The zero-order chi connectivity index (χ0) is 28.2. The Hall–Kier alpha value is -1.87. The lowest BCUT2D eigenvalue weighted by Gasteiger charge is -2.69. The maximum absolute atomic E-state index is 13.7. The predicted octanol–water partition coefficient (Wildman–Crippen LogP) is 3.79. The number of carbonyl (C=O) groups excluding carboxylic acids is 1. The number of hydrogen-bond acceptors (Lipinski definition) is 8. The van der Waals surface area contributed by atoms with E-state index < -0.39 is 17.7 Å². The third-order valence-corrected chi connectivity index (χ3v) is 12.8. The molecule has 7 rings (SSSR count). The second kappa shape index (κ2) is 9.06. The van der Waals surface area contributed by atoms with Crippen molar-refractivity contribution in [2.75, 3.05) is 41.5 Å². The van der Waals surface area contributed by atoms with E-state index in [0.717, 1.165) is 38.8 Å². The highest BCUT2D eigenvalue weighted by Gasteiger charge is 2.83. The first-order valence-electron chi connectivity index (χ1n) is 15.2. The van der Waals surface area contributed by atoms with E-state index in [1.807, 2.05) is 7.11 Å². The van der Waals surface area contributed by atoms with E-state index in [2.05, 4.69) is 18.7 Å². The minimum Gasteiger partial charge on any atom is -0.493 e. The van der Waals surface area contributed by atoms with Gasteiger partial charge in [-0.1, -0.05) is 13.8 Å². The molecular weight excluding hydrogens is 510 g/mol. The monoisotopic (exact) mass is 555 g/mol. The molecule has 7 bridgehead atoms. The summed E-state index contributed by atoms with van der Waals surface area (Å²) in [6.45, 7) is 6.83. The second-order valence-corrected chi connectivity index (χ2v) is 13.8. The number of ether oxygens (including phenoxy) is 5. The van der Waals surface area contributed by atoms with Crippen LogP contribution in [0.3, 0.4) is 0 Å². The number of esters is 1. The van der Waals surface area contributed by atoms with Gasteiger partial charge in [-0.15, -0.1) is 0 Å². The average molecular weight is 556 g/mol. The number of hydrogen-bond donors (Lipinski definition) is 1. The molecule has 1 heterocycles. The number of methoxy groups -OCH3 is 4. The van der Waals surface area contributed by atoms with E-state index in [-0.39, 0.29) is 52.8 Å². The van der Waals surface area contributed by atoms with Crippen LogP contribution in [0.1, 0.15) is 56.3 Å². The first kappa shape index (κ1) is 27.0. The summed E-state index contributed by atoms with van der Waals surface area (Å²) in [6, 6.07) is 5.41. The van der Waals surface area contributed by atoms with Crippen LogP contribution in [0.25, 0.3) is 0 Å². The molecule has 6 aliphatic rings. The minimum absolute atomic E-state index is 0.0413. The number of fused-ring (bicyclic) bond motifs is 2. The number of likely N-dealkylation sites (tertiary alicyclic amines) is 1. The Bertz CT molecular complexity index is 1190. The first-order valence-corrected chi connectivity index (χ1v) is 15.2. The normalized spacial score (nSPS) is 48.1. The molecule has 1 spiro atoms. The van der Waals surface area contributed by atoms with Crippen molar-refractivity contribution in [3.05, 3.63) is 23.8 Å². The van der Waals surface area contributed by atoms with Crippen LogP contribution in [-0.4, -0.2) is 87.5 Å². The Balaban J connectivity index is 1.32. The van der Waals surface area contributed by atoms with Crippen molar-refractivity contribution < 1.29 is 33.6 Å². The summed E-state index contributed by atoms with van der Waals surface area (Å²) < 4.78 is 29.8. The maximum atomic E-state index is 13.7. The van der Waals surface area contributed by atoms with Crippen molar-refractivity contribution in [1.82, 2.24) is 4.90 Å². The van der Waals surface area contributed by atoms with Gasteiger partial charge in [0.05, 0.1) is 37.6 Å². The molecule has 8 nitrogen and oxygen atoms in total. The first-order chi connectivity index (χ1) is 19.2. The molecule has 1 N–H and O–H groups in total. The van der Waals surface area contributed by atoms with E-state index in [9.17, 15) is 9.90 Å². The summed E-state index contributed by atoms with van der Waals surface area (Å²) in [5.74, 6) is 1.39. The molecule has 12 atom stereocenters. The fraction of sp³-hybridized carbons (Fsp3) is 0.781. The Morgan fingerprint density at radius 2 is 1.85 bits per heavy atom. The lowest BCUT2D eigenvalue weighted by Crippen LogP contribution is -2.75. The summed E-state index contributed by atoms with van der Waals surface area (Å²) in [5, 5.41) is 12.9. The molecule has 8 heteroatoms. The van der Waals surface area contributed by atoms with Gasteiger partial charge in [-0.3, -0.25) is 4.90 Å². The van der Waals surface area contributed by atoms with Gasteiger partial charge in [0.2, 0.25) is 0 Å². The molecule has 0 radical (unpaired) electrons. The molecule has 40 heavy (non-hydrogen) atoms. The van der Waals surface area contributed by atoms with E-state index in [4.69, 9.17) is 23.7 Å². The fourth-order valence-electron chi connectivity index (χ4n) is 11.6. The molecular formula is C32H45NO7. The molecule has 1 aromatic rings. The second-order valence-electron chi connectivity index (χ2n) is 13.8. The zero-order valence-electron chi connectivity index (χ0n) is 24.7. The van der Waals surface area contributed by atoms with Gasteiger partial charge in [0.15, 0.2) is 11.5 Å². The molecule has 5 aliphatic carbocycles. The van der Waals surface area contributed by atoms with Gasteiger partial charge in [-0.05, 0) is 67.7 Å². The summed E-state index contributed by atoms with van der Waals surface area (Å²) in [7, 11) is 6.76. The van der Waals surface area contributed by atoms with Crippen LogP contribution in [0.15, 0.2) is 18.2 Å². The fourth-order valence-corrected chi connectivity index (χ4v) is 11.6. The molecule has 0 aromatic heterocycles. The van der Waals surface area contributed by atoms with Gasteiger partial charge in [0.25, 0.3) is 0 Å². The molecule has 6 fully saturated rings. The van der Waals surface area contributed by atoms with Crippen molar-refractivity contribution in [2.45, 2.75) is 75.9 Å². The van der Waals surface area contributed by atoms with E-state index in [0.29, 0.717) is 29.4 Å². The number of rotatable bonds is 7. The molecule has 0 unspecified atom stereocenters. The van der Waals surface area contributed by atoms with Crippen molar-refractivity contribution in [2.24, 2.45) is 40.4 Å². The highest BCUT2D eigenvalue weighted by Crippen LogP contribution is 2.79. The van der Waals surface area contributed by atoms with E-state index >= 15 is 0 Å². The van der Waals surface area contributed by atoms with Gasteiger partial charge >= 0.3 is 5.97 Å². The summed E-state index contributed by atoms with van der Waals surface area (Å²) in [5.41, 5.74) is -0.381. The number of piperidine rings is 1. The van der Waals surface area contributed by atoms with Crippen LogP contribution in [-0.2, 0) is 14.2 Å². The Morgan fingerprint density at radius 1 is 1.07 bits per heavy atom. The van der Waals surface area contributed by atoms with Gasteiger partial charge in [-0.25, -0.2) is 4.79 Å². The van der Waals surface area contributed by atoms with Crippen molar-refractivity contribution in [3.63, 3.8) is 0 Å². The number of aliphatic hydroxyl groups is 1. The number of nitrogens with zero attached hydrogens (tertiary/aromatic N) is 1. The molecule has 0 amide bonds. The van der Waals surface area contributed by atoms with Crippen molar-refractivity contribution >= 4 is 5.97 Å². The third-order valence-electron chi connectivity index (χ3n) is 12.8. The van der Waals surface area contributed by atoms with E-state index in [1.54, 1.807) is 39.5 Å². The molecule has 1 aliphatic heterocycles. The Morgan fingerprint density at radius 3 is 2.52 bits per heavy atom. The van der Waals surface area contributed by atoms with Crippen LogP contribution in [0.4, 0.5) is 0 Å². The highest BCUT2D eigenvalue weighted by atomic mass is 16.6. The third kappa shape index (κ3) is 3.14. The van der Waals surface area contributed by atoms with Gasteiger partial charge in [-0.2, -0.15) is 0 Å². The van der Waals surface area contributed by atoms with Gasteiger partial charge < -0.3 is 28.8 Å². The SMILES string of the molecule is CCN1C[C@]2(C)CC[C@H](OC)[C@@]34[C@@H]5C[C@H]6[C@H](OC(=O)c7ccc(OC)c(OC)c7)[C@@H]5[C@](O)(C[C@@H]6OC)[C@@H](C[C@H]23)[C@@H]14. The summed E-state index contributed by atoms with van der Waals surface area (Å²) in [4.78, 5) is 16.4. The Labute approximate surface area is 237 Å². The highest BCUT2D eigenvalue weighted by molar-refractivity contribution is 5.90. The molecule has 5 saturated carbocycles.